The van der Waals surface area contributed by atoms with Crippen LogP contribution < -0.4 is 0 Å². The lowest BCUT2D eigenvalue weighted by atomic mass is 9.92. The van der Waals surface area contributed by atoms with E-state index in [1.807, 2.05) is 50.2 Å². The third kappa shape index (κ3) is 3.44. The molecule has 98 valence electrons. The van der Waals surface area contributed by atoms with Crippen molar-refractivity contribution >= 4 is 5.78 Å². The van der Waals surface area contributed by atoms with Crippen LogP contribution in [-0.2, 0) is 6.42 Å². The summed E-state index contributed by atoms with van der Waals surface area (Å²) in [4.78, 5) is 12.3. The highest BCUT2D eigenvalue weighted by Gasteiger charge is 2.15. The van der Waals surface area contributed by atoms with Crippen LogP contribution >= 0.6 is 0 Å². The van der Waals surface area contributed by atoms with E-state index in [4.69, 9.17) is 0 Å². The quantitative estimate of drug-likeness (QED) is 0.843. The summed E-state index contributed by atoms with van der Waals surface area (Å²) in [5.41, 5.74) is 2.98. The van der Waals surface area contributed by atoms with Gasteiger partial charge in [-0.15, -0.1) is 0 Å². The van der Waals surface area contributed by atoms with Gasteiger partial charge in [0.1, 0.15) is 5.75 Å². The average Bonchev–Trinajstić information content (AvgIpc) is 2.41. The van der Waals surface area contributed by atoms with E-state index in [0.29, 0.717) is 6.42 Å². The Morgan fingerprint density at radius 2 is 1.63 bits per heavy atom. The van der Waals surface area contributed by atoms with Crippen molar-refractivity contribution in [3.05, 3.63) is 65.2 Å². The van der Waals surface area contributed by atoms with E-state index >= 15 is 0 Å². The van der Waals surface area contributed by atoms with E-state index in [-0.39, 0.29) is 17.5 Å². The Hall–Kier alpha value is -2.09. The molecule has 2 nitrogen and oxygen atoms in total. The number of carbonyl (C=O) groups excluding carboxylic acids is 1. The van der Waals surface area contributed by atoms with Crippen molar-refractivity contribution in [2.75, 3.05) is 0 Å². The number of hydrogen-bond donors (Lipinski definition) is 1. The normalized spacial score (nSPS) is 12.1. The summed E-state index contributed by atoms with van der Waals surface area (Å²) >= 11 is 0. The average molecular weight is 254 g/mol. The summed E-state index contributed by atoms with van der Waals surface area (Å²) in [5.74, 6) is 0.349. The number of Topliss-reactive ketones (excluding diaryl/α,β-unsaturated/α-hetero) is 1. The van der Waals surface area contributed by atoms with Crippen molar-refractivity contribution in [1.29, 1.82) is 0 Å². The maximum absolute atomic E-state index is 12.3. The maximum atomic E-state index is 12.3. The van der Waals surface area contributed by atoms with Gasteiger partial charge in [0.15, 0.2) is 5.78 Å². The number of ketones is 1. The van der Waals surface area contributed by atoms with Gasteiger partial charge < -0.3 is 5.11 Å². The summed E-state index contributed by atoms with van der Waals surface area (Å²) in [5, 5.41) is 9.24. The molecule has 0 aromatic heterocycles. The van der Waals surface area contributed by atoms with Crippen molar-refractivity contribution in [2.45, 2.75) is 20.3 Å². The number of rotatable bonds is 4. The number of benzene rings is 2. The van der Waals surface area contributed by atoms with Crippen LogP contribution in [0, 0.1) is 12.8 Å². The van der Waals surface area contributed by atoms with Crippen molar-refractivity contribution in [1.82, 2.24) is 0 Å². The molecule has 2 rings (SSSR count). The lowest BCUT2D eigenvalue weighted by Crippen LogP contribution is -2.13. The molecule has 19 heavy (non-hydrogen) atoms. The van der Waals surface area contributed by atoms with Crippen LogP contribution in [0.1, 0.15) is 28.4 Å². The summed E-state index contributed by atoms with van der Waals surface area (Å²) < 4.78 is 0. The third-order valence-corrected chi connectivity index (χ3v) is 3.26. The van der Waals surface area contributed by atoms with Gasteiger partial charge in [-0.25, -0.2) is 0 Å². The van der Waals surface area contributed by atoms with Gasteiger partial charge in [-0.2, -0.15) is 0 Å². The van der Waals surface area contributed by atoms with Gasteiger partial charge in [-0.3, -0.25) is 4.79 Å². The van der Waals surface area contributed by atoms with Crippen LogP contribution in [0.25, 0.3) is 0 Å². The van der Waals surface area contributed by atoms with E-state index < -0.39 is 0 Å². The van der Waals surface area contributed by atoms with Gasteiger partial charge in [0.05, 0.1) is 0 Å². The van der Waals surface area contributed by atoms with E-state index in [9.17, 15) is 9.90 Å². The van der Waals surface area contributed by atoms with Gasteiger partial charge in [-0.05, 0) is 31.0 Å². The highest BCUT2D eigenvalue weighted by atomic mass is 16.3. The molecule has 0 aliphatic rings. The van der Waals surface area contributed by atoms with Gasteiger partial charge in [0, 0.05) is 11.5 Å². The second-order valence-corrected chi connectivity index (χ2v) is 5.00. The smallest absolute Gasteiger partial charge is 0.165 e. The van der Waals surface area contributed by atoms with Crippen molar-refractivity contribution in [2.24, 2.45) is 5.92 Å². The van der Waals surface area contributed by atoms with E-state index in [0.717, 1.165) is 16.7 Å². The maximum Gasteiger partial charge on any atom is 0.165 e. The Labute approximate surface area is 113 Å². The van der Waals surface area contributed by atoms with E-state index in [2.05, 4.69) is 0 Å². The summed E-state index contributed by atoms with van der Waals surface area (Å²) in [7, 11) is 0. The second-order valence-electron chi connectivity index (χ2n) is 5.00. The number of aromatic hydroxyl groups is 1. The Morgan fingerprint density at radius 3 is 2.21 bits per heavy atom. The molecule has 0 bridgehead atoms. The fourth-order valence-electron chi connectivity index (χ4n) is 2.08. The van der Waals surface area contributed by atoms with Gasteiger partial charge >= 0.3 is 0 Å². The second kappa shape index (κ2) is 5.70. The molecule has 0 aliphatic carbocycles. The standard InChI is InChI=1S/C17H18O2/c1-12-3-7-15(8-4-12)17(19)13(2)11-14-5-9-16(18)10-6-14/h3-10,13,18H,11H2,1-2H3. The first-order valence-corrected chi connectivity index (χ1v) is 6.45. The molecule has 0 fully saturated rings. The molecule has 0 spiro atoms. The molecule has 0 amide bonds. The predicted molar refractivity (Wildman–Crippen MR) is 76.5 cm³/mol. The molecule has 0 saturated carbocycles. The van der Waals surface area contributed by atoms with Crippen LogP contribution in [0.4, 0.5) is 0 Å². The van der Waals surface area contributed by atoms with Crippen LogP contribution in [0.2, 0.25) is 0 Å². The number of hydrogen-bond acceptors (Lipinski definition) is 2. The predicted octanol–water partition coefficient (Wildman–Crippen LogP) is 3.76. The van der Waals surface area contributed by atoms with Crippen molar-refractivity contribution < 1.29 is 9.90 Å². The third-order valence-electron chi connectivity index (χ3n) is 3.26. The Bertz CT molecular complexity index is 553. The summed E-state index contributed by atoms with van der Waals surface area (Å²) in [6.45, 7) is 3.95. The topological polar surface area (TPSA) is 37.3 Å². The Balaban J connectivity index is 2.07. The van der Waals surface area contributed by atoms with Crippen molar-refractivity contribution in [3.8, 4) is 5.75 Å². The highest BCUT2D eigenvalue weighted by molar-refractivity contribution is 5.97. The van der Waals surface area contributed by atoms with E-state index in [1.165, 1.54) is 0 Å². The fraction of sp³-hybridized carbons (Fsp3) is 0.235. The molecular weight excluding hydrogens is 236 g/mol. The van der Waals surface area contributed by atoms with Crippen molar-refractivity contribution in [3.63, 3.8) is 0 Å². The molecule has 1 unspecified atom stereocenters. The van der Waals surface area contributed by atoms with E-state index in [1.54, 1.807) is 12.1 Å². The lowest BCUT2D eigenvalue weighted by molar-refractivity contribution is 0.0929. The molecule has 0 radical (unpaired) electrons. The molecule has 2 aromatic carbocycles. The SMILES string of the molecule is Cc1ccc(C(=O)C(C)Cc2ccc(O)cc2)cc1. The van der Waals surface area contributed by atoms with Crippen LogP contribution in [-0.4, -0.2) is 10.9 Å². The minimum atomic E-state index is -0.0627. The minimum Gasteiger partial charge on any atom is -0.508 e. The Kier molecular flexibility index (Phi) is 4.00. The Morgan fingerprint density at radius 1 is 1.05 bits per heavy atom. The first-order valence-electron chi connectivity index (χ1n) is 6.45. The number of phenolic OH excluding ortho intramolecular Hbond substituents is 1. The summed E-state index contributed by atoms with van der Waals surface area (Å²) in [6, 6.07) is 14.7. The zero-order valence-corrected chi connectivity index (χ0v) is 11.3. The number of aryl methyl sites for hydroxylation is 1. The number of carbonyl (C=O) groups is 1. The highest BCUT2D eigenvalue weighted by Crippen LogP contribution is 2.17. The number of phenols is 1. The molecular formula is C17H18O2. The van der Waals surface area contributed by atoms with Crippen LogP contribution in [0.5, 0.6) is 5.75 Å². The molecule has 1 atom stereocenters. The van der Waals surface area contributed by atoms with Crippen LogP contribution in [0.15, 0.2) is 48.5 Å². The molecule has 0 heterocycles. The molecule has 2 heteroatoms. The minimum absolute atomic E-state index is 0.0627. The van der Waals surface area contributed by atoms with Gasteiger partial charge in [-0.1, -0.05) is 48.9 Å². The first kappa shape index (κ1) is 13.3. The van der Waals surface area contributed by atoms with Crippen LogP contribution in [0.3, 0.4) is 0 Å². The molecule has 0 aliphatic heterocycles. The molecule has 0 saturated heterocycles. The van der Waals surface area contributed by atoms with Gasteiger partial charge in [0.2, 0.25) is 0 Å². The molecule has 2 aromatic rings. The molecule has 1 N–H and O–H groups in total. The zero-order chi connectivity index (χ0) is 13.8. The summed E-state index contributed by atoms with van der Waals surface area (Å²) in [6.07, 6.45) is 0.687. The monoisotopic (exact) mass is 254 g/mol. The first-order chi connectivity index (χ1) is 9.06. The largest absolute Gasteiger partial charge is 0.508 e. The lowest BCUT2D eigenvalue weighted by Gasteiger charge is -2.11. The van der Waals surface area contributed by atoms with Gasteiger partial charge in [0.25, 0.3) is 0 Å². The zero-order valence-electron chi connectivity index (χ0n) is 11.3. The fourth-order valence-corrected chi connectivity index (χ4v) is 2.08.